The van der Waals surface area contributed by atoms with Crippen LogP contribution in [0.2, 0.25) is 0 Å². The van der Waals surface area contributed by atoms with Crippen molar-refractivity contribution in [2.45, 2.75) is 32.9 Å². The molecule has 1 aliphatic heterocycles. The molecule has 138 valence electrons. The van der Waals surface area contributed by atoms with E-state index in [0.29, 0.717) is 12.5 Å². The number of amides is 1. The zero-order valence-electron chi connectivity index (χ0n) is 15.5. The molecule has 2 aromatic carbocycles. The van der Waals surface area contributed by atoms with Gasteiger partial charge in [-0.05, 0) is 36.9 Å². The van der Waals surface area contributed by atoms with E-state index in [9.17, 15) is 4.79 Å². The van der Waals surface area contributed by atoms with Crippen LogP contribution in [0.1, 0.15) is 30.9 Å². The maximum Gasteiger partial charge on any atom is 0.216 e. The second-order valence-electron chi connectivity index (χ2n) is 7.06. The van der Waals surface area contributed by atoms with Crippen LogP contribution < -0.4 is 10.1 Å². The highest BCUT2D eigenvalue weighted by molar-refractivity contribution is 5.72. The van der Waals surface area contributed by atoms with Gasteiger partial charge in [-0.3, -0.25) is 9.69 Å². The highest BCUT2D eigenvalue weighted by atomic mass is 16.5. The van der Waals surface area contributed by atoms with Gasteiger partial charge >= 0.3 is 0 Å². The standard InChI is InChI=1S/C22H28N2O2/c1-18(25)23-14-20-10-7-13-24(15-20)16-21-11-5-6-12-22(21)26-17-19-8-3-2-4-9-19/h2-6,8-9,11-12,20H,7,10,13-17H2,1H3,(H,23,25)/t20-/m0/s1. The Bertz CT molecular complexity index is 702. The molecule has 3 rings (SSSR count). The summed E-state index contributed by atoms with van der Waals surface area (Å²) in [6.45, 7) is 5.96. The van der Waals surface area contributed by atoms with Crippen LogP contribution >= 0.6 is 0 Å². The number of likely N-dealkylation sites (tertiary alicyclic amines) is 1. The Morgan fingerprint density at radius 2 is 1.92 bits per heavy atom. The molecule has 0 radical (unpaired) electrons. The zero-order chi connectivity index (χ0) is 18.2. The van der Waals surface area contributed by atoms with Crippen molar-refractivity contribution in [2.75, 3.05) is 19.6 Å². The third kappa shape index (κ3) is 5.60. The molecule has 4 nitrogen and oxygen atoms in total. The third-order valence-corrected chi connectivity index (χ3v) is 4.85. The molecule has 0 bridgehead atoms. The second kappa shape index (κ2) is 9.39. The van der Waals surface area contributed by atoms with Crippen LogP contribution in [0, 0.1) is 5.92 Å². The fraction of sp³-hybridized carbons (Fsp3) is 0.409. The Labute approximate surface area is 156 Å². The van der Waals surface area contributed by atoms with Gasteiger partial charge in [0.1, 0.15) is 12.4 Å². The van der Waals surface area contributed by atoms with Crippen molar-refractivity contribution in [2.24, 2.45) is 5.92 Å². The predicted molar refractivity (Wildman–Crippen MR) is 104 cm³/mol. The number of hydrogen-bond donors (Lipinski definition) is 1. The lowest BCUT2D eigenvalue weighted by molar-refractivity contribution is -0.119. The van der Waals surface area contributed by atoms with E-state index in [1.54, 1.807) is 6.92 Å². The quantitative estimate of drug-likeness (QED) is 0.828. The number of ether oxygens (including phenoxy) is 1. The molecule has 1 atom stereocenters. The highest BCUT2D eigenvalue weighted by Gasteiger charge is 2.21. The first-order chi connectivity index (χ1) is 12.7. The smallest absolute Gasteiger partial charge is 0.216 e. The lowest BCUT2D eigenvalue weighted by atomic mass is 9.97. The van der Waals surface area contributed by atoms with Gasteiger partial charge in [-0.1, -0.05) is 48.5 Å². The van der Waals surface area contributed by atoms with Gasteiger partial charge in [0, 0.05) is 32.1 Å². The van der Waals surface area contributed by atoms with Crippen LogP contribution in [-0.2, 0) is 17.9 Å². The summed E-state index contributed by atoms with van der Waals surface area (Å²) in [5.41, 5.74) is 2.40. The fourth-order valence-electron chi connectivity index (χ4n) is 3.50. The maximum atomic E-state index is 11.2. The molecule has 1 fully saturated rings. The lowest BCUT2D eigenvalue weighted by Gasteiger charge is -2.33. The number of hydrogen-bond acceptors (Lipinski definition) is 3. The molecule has 1 N–H and O–H groups in total. The number of rotatable bonds is 7. The van der Waals surface area contributed by atoms with E-state index < -0.39 is 0 Å². The van der Waals surface area contributed by atoms with Crippen molar-refractivity contribution < 1.29 is 9.53 Å². The van der Waals surface area contributed by atoms with Crippen molar-refractivity contribution in [3.8, 4) is 5.75 Å². The largest absolute Gasteiger partial charge is 0.489 e. The molecule has 1 saturated heterocycles. The SMILES string of the molecule is CC(=O)NC[C@@H]1CCCN(Cc2ccccc2OCc2ccccc2)C1. The summed E-state index contributed by atoms with van der Waals surface area (Å²) in [7, 11) is 0. The van der Waals surface area contributed by atoms with E-state index in [-0.39, 0.29) is 5.91 Å². The minimum atomic E-state index is 0.0572. The number of nitrogens with one attached hydrogen (secondary N) is 1. The van der Waals surface area contributed by atoms with Gasteiger partial charge < -0.3 is 10.1 Å². The van der Waals surface area contributed by atoms with E-state index >= 15 is 0 Å². The van der Waals surface area contributed by atoms with Gasteiger partial charge in [0.25, 0.3) is 0 Å². The van der Waals surface area contributed by atoms with E-state index in [1.165, 1.54) is 24.0 Å². The monoisotopic (exact) mass is 352 g/mol. The minimum absolute atomic E-state index is 0.0572. The Hall–Kier alpha value is -2.33. The molecule has 2 aromatic rings. The molecule has 26 heavy (non-hydrogen) atoms. The van der Waals surface area contributed by atoms with E-state index in [2.05, 4.69) is 40.5 Å². The molecule has 0 aromatic heterocycles. The average Bonchev–Trinajstić information content (AvgIpc) is 2.67. The minimum Gasteiger partial charge on any atom is -0.489 e. The van der Waals surface area contributed by atoms with Gasteiger partial charge in [0.05, 0.1) is 0 Å². The molecular formula is C22H28N2O2. The van der Waals surface area contributed by atoms with Crippen molar-refractivity contribution in [3.63, 3.8) is 0 Å². The van der Waals surface area contributed by atoms with Crippen LogP contribution in [0.25, 0.3) is 0 Å². The topological polar surface area (TPSA) is 41.6 Å². The average molecular weight is 352 g/mol. The van der Waals surface area contributed by atoms with E-state index in [4.69, 9.17) is 4.74 Å². The first-order valence-corrected chi connectivity index (χ1v) is 9.42. The van der Waals surface area contributed by atoms with Crippen molar-refractivity contribution in [3.05, 3.63) is 65.7 Å². The number of carbonyl (C=O) groups excluding carboxylic acids is 1. The normalized spacial score (nSPS) is 17.7. The molecule has 0 unspecified atom stereocenters. The second-order valence-corrected chi connectivity index (χ2v) is 7.06. The van der Waals surface area contributed by atoms with Crippen LogP contribution in [0.4, 0.5) is 0 Å². The van der Waals surface area contributed by atoms with Crippen molar-refractivity contribution in [1.82, 2.24) is 10.2 Å². The van der Waals surface area contributed by atoms with Crippen LogP contribution in [-0.4, -0.2) is 30.4 Å². The number of benzene rings is 2. The van der Waals surface area contributed by atoms with Crippen LogP contribution in [0.15, 0.2) is 54.6 Å². The summed E-state index contributed by atoms with van der Waals surface area (Å²) in [5.74, 6) is 1.55. The molecule has 0 spiro atoms. The maximum absolute atomic E-state index is 11.2. The Morgan fingerprint density at radius 1 is 1.15 bits per heavy atom. The van der Waals surface area contributed by atoms with Crippen LogP contribution in [0.3, 0.4) is 0 Å². The Balaban J connectivity index is 1.58. The summed E-state index contributed by atoms with van der Waals surface area (Å²) in [4.78, 5) is 13.6. The molecule has 0 aliphatic carbocycles. The predicted octanol–water partition coefficient (Wildman–Crippen LogP) is 3.61. The third-order valence-electron chi connectivity index (χ3n) is 4.85. The first kappa shape index (κ1) is 18.5. The molecule has 1 aliphatic rings. The number of piperidine rings is 1. The number of nitrogens with zero attached hydrogens (tertiary/aromatic N) is 1. The molecule has 1 amide bonds. The highest BCUT2D eigenvalue weighted by Crippen LogP contribution is 2.24. The summed E-state index contributed by atoms with van der Waals surface area (Å²) in [5, 5.41) is 2.96. The first-order valence-electron chi connectivity index (χ1n) is 9.42. The van der Waals surface area contributed by atoms with E-state index in [0.717, 1.165) is 31.9 Å². The number of carbonyl (C=O) groups is 1. The van der Waals surface area contributed by atoms with E-state index in [1.807, 2.05) is 24.3 Å². The van der Waals surface area contributed by atoms with Gasteiger partial charge in [0.2, 0.25) is 5.91 Å². The molecule has 1 heterocycles. The van der Waals surface area contributed by atoms with Crippen LogP contribution in [0.5, 0.6) is 5.75 Å². The summed E-state index contributed by atoms with van der Waals surface area (Å²) < 4.78 is 6.09. The lowest BCUT2D eigenvalue weighted by Crippen LogP contribution is -2.40. The van der Waals surface area contributed by atoms with Crippen molar-refractivity contribution >= 4 is 5.91 Å². The van der Waals surface area contributed by atoms with Gasteiger partial charge in [0.15, 0.2) is 0 Å². The molecule has 0 saturated carbocycles. The van der Waals surface area contributed by atoms with Gasteiger partial charge in [-0.2, -0.15) is 0 Å². The zero-order valence-corrected chi connectivity index (χ0v) is 15.5. The Morgan fingerprint density at radius 3 is 2.73 bits per heavy atom. The van der Waals surface area contributed by atoms with Crippen molar-refractivity contribution in [1.29, 1.82) is 0 Å². The number of para-hydroxylation sites is 1. The molecular weight excluding hydrogens is 324 g/mol. The molecule has 4 heteroatoms. The fourth-order valence-corrected chi connectivity index (χ4v) is 3.50. The van der Waals surface area contributed by atoms with Gasteiger partial charge in [-0.25, -0.2) is 0 Å². The van der Waals surface area contributed by atoms with Gasteiger partial charge in [-0.15, -0.1) is 0 Å². The summed E-state index contributed by atoms with van der Waals surface area (Å²) >= 11 is 0. The summed E-state index contributed by atoms with van der Waals surface area (Å²) in [6, 6.07) is 18.6. The Kier molecular flexibility index (Phi) is 6.67. The summed E-state index contributed by atoms with van der Waals surface area (Å²) in [6.07, 6.45) is 2.36.